The van der Waals surface area contributed by atoms with Crippen molar-refractivity contribution < 1.29 is 23.9 Å². The molecule has 8 heteroatoms. The Morgan fingerprint density at radius 2 is 1.43 bits per heavy atom. The molecule has 0 heterocycles. The van der Waals surface area contributed by atoms with Crippen LogP contribution in [-0.2, 0) is 4.79 Å². The Hall–Kier alpha value is -3.55. The van der Waals surface area contributed by atoms with Gasteiger partial charge in [-0.25, -0.2) is 0 Å². The summed E-state index contributed by atoms with van der Waals surface area (Å²) in [5, 5.41) is 8.32. The topological polar surface area (TPSA) is 106 Å². The normalized spacial score (nSPS) is 12.6. The van der Waals surface area contributed by atoms with Crippen LogP contribution in [0.1, 0.15) is 33.6 Å². The summed E-state index contributed by atoms with van der Waals surface area (Å²) >= 11 is 0. The van der Waals surface area contributed by atoms with E-state index in [1.54, 1.807) is 42.5 Å². The summed E-state index contributed by atoms with van der Waals surface area (Å²) in [7, 11) is 2.96. The van der Waals surface area contributed by atoms with Gasteiger partial charge in [0.1, 0.15) is 17.1 Å². The molecule has 1 saturated carbocycles. The SMILES string of the molecule is COc1cccc(OC)c1C(=O)NCCNC(=O)c1ccc(NC(=O)C2CC2)cc1. The molecule has 1 fully saturated rings. The Kier molecular flexibility index (Phi) is 6.90. The number of anilines is 1. The van der Waals surface area contributed by atoms with E-state index in [2.05, 4.69) is 16.0 Å². The summed E-state index contributed by atoms with van der Waals surface area (Å²) < 4.78 is 10.4. The van der Waals surface area contributed by atoms with Crippen LogP contribution in [0, 0.1) is 5.92 Å². The molecule has 0 atom stereocenters. The van der Waals surface area contributed by atoms with Gasteiger partial charge >= 0.3 is 0 Å². The van der Waals surface area contributed by atoms with Gasteiger partial charge in [0.2, 0.25) is 5.91 Å². The molecular weight excluding hydrogens is 386 g/mol. The lowest BCUT2D eigenvalue weighted by atomic mass is 10.1. The van der Waals surface area contributed by atoms with Crippen molar-refractivity contribution in [3.8, 4) is 11.5 Å². The second-order valence-electron chi connectivity index (χ2n) is 6.89. The molecule has 0 saturated heterocycles. The molecule has 2 aromatic carbocycles. The summed E-state index contributed by atoms with van der Waals surface area (Å²) in [6.07, 6.45) is 1.87. The summed E-state index contributed by atoms with van der Waals surface area (Å²) in [5.41, 5.74) is 1.44. The minimum absolute atomic E-state index is 0.0228. The van der Waals surface area contributed by atoms with Crippen LogP contribution >= 0.6 is 0 Å². The number of benzene rings is 2. The molecule has 3 amide bonds. The van der Waals surface area contributed by atoms with E-state index in [0.29, 0.717) is 28.3 Å². The molecule has 3 rings (SSSR count). The Balaban J connectivity index is 1.46. The van der Waals surface area contributed by atoms with Gasteiger partial charge in [-0.1, -0.05) is 6.07 Å². The predicted molar refractivity (Wildman–Crippen MR) is 112 cm³/mol. The van der Waals surface area contributed by atoms with E-state index in [1.165, 1.54) is 14.2 Å². The molecule has 3 N–H and O–H groups in total. The van der Waals surface area contributed by atoms with Gasteiger partial charge in [0, 0.05) is 30.3 Å². The van der Waals surface area contributed by atoms with Gasteiger partial charge in [0.25, 0.3) is 11.8 Å². The van der Waals surface area contributed by atoms with Crippen molar-refractivity contribution in [3.63, 3.8) is 0 Å². The molecule has 0 bridgehead atoms. The highest BCUT2D eigenvalue weighted by Gasteiger charge is 2.29. The zero-order chi connectivity index (χ0) is 21.5. The van der Waals surface area contributed by atoms with E-state index in [0.717, 1.165) is 12.8 Å². The van der Waals surface area contributed by atoms with Crippen LogP contribution in [0.15, 0.2) is 42.5 Å². The monoisotopic (exact) mass is 411 g/mol. The lowest BCUT2D eigenvalue weighted by Crippen LogP contribution is -2.35. The summed E-state index contributed by atoms with van der Waals surface area (Å²) in [4.78, 5) is 36.5. The van der Waals surface area contributed by atoms with Crippen LogP contribution in [0.2, 0.25) is 0 Å². The average Bonchev–Trinajstić information content (AvgIpc) is 3.61. The first-order valence-corrected chi connectivity index (χ1v) is 9.71. The van der Waals surface area contributed by atoms with Crippen molar-refractivity contribution in [2.75, 3.05) is 32.6 Å². The standard InChI is InChI=1S/C22H25N3O5/c1-29-17-4-3-5-18(30-2)19(17)22(28)24-13-12-23-20(26)14-8-10-16(11-9-14)25-21(27)15-6-7-15/h3-5,8-11,15H,6-7,12-13H2,1-2H3,(H,23,26)(H,24,28)(H,25,27). The van der Waals surface area contributed by atoms with Crippen molar-refractivity contribution in [1.82, 2.24) is 10.6 Å². The first kappa shape index (κ1) is 21.2. The van der Waals surface area contributed by atoms with Gasteiger partial charge in [-0.05, 0) is 49.2 Å². The first-order chi connectivity index (χ1) is 14.5. The predicted octanol–water partition coefficient (Wildman–Crippen LogP) is 2.21. The number of nitrogens with one attached hydrogen (secondary N) is 3. The lowest BCUT2D eigenvalue weighted by Gasteiger charge is -2.13. The zero-order valence-corrected chi connectivity index (χ0v) is 17.0. The van der Waals surface area contributed by atoms with Crippen molar-refractivity contribution >= 4 is 23.4 Å². The Morgan fingerprint density at radius 3 is 1.97 bits per heavy atom. The van der Waals surface area contributed by atoms with Gasteiger partial charge in [-0.3, -0.25) is 14.4 Å². The second kappa shape index (κ2) is 9.78. The molecule has 1 aliphatic carbocycles. The maximum Gasteiger partial charge on any atom is 0.258 e. The molecule has 0 spiro atoms. The van der Waals surface area contributed by atoms with Crippen molar-refractivity contribution in [3.05, 3.63) is 53.6 Å². The van der Waals surface area contributed by atoms with Crippen molar-refractivity contribution in [2.24, 2.45) is 5.92 Å². The van der Waals surface area contributed by atoms with E-state index >= 15 is 0 Å². The minimum atomic E-state index is -0.352. The number of methoxy groups -OCH3 is 2. The van der Waals surface area contributed by atoms with Crippen LogP contribution in [0.25, 0.3) is 0 Å². The van der Waals surface area contributed by atoms with Gasteiger partial charge in [-0.2, -0.15) is 0 Å². The molecule has 2 aromatic rings. The first-order valence-electron chi connectivity index (χ1n) is 9.71. The summed E-state index contributed by atoms with van der Waals surface area (Å²) in [6.45, 7) is 0.490. The Labute approximate surface area is 174 Å². The van der Waals surface area contributed by atoms with Gasteiger partial charge in [0.05, 0.1) is 14.2 Å². The quantitative estimate of drug-likeness (QED) is 0.549. The van der Waals surface area contributed by atoms with E-state index in [9.17, 15) is 14.4 Å². The summed E-state index contributed by atoms with van der Waals surface area (Å²) in [6, 6.07) is 11.8. The molecular formula is C22H25N3O5. The molecule has 158 valence electrons. The van der Waals surface area contributed by atoms with Gasteiger partial charge in [-0.15, -0.1) is 0 Å². The van der Waals surface area contributed by atoms with Crippen LogP contribution in [0.4, 0.5) is 5.69 Å². The number of hydrogen-bond donors (Lipinski definition) is 3. The number of hydrogen-bond acceptors (Lipinski definition) is 5. The highest BCUT2D eigenvalue weighted by atomic mass is 16.5. The average molecular weight is 411 g/mol. The van der Waals surface area contributed by atoms with Crippen LogP contribution in [0.3, 0.4) is 0 Å². The molecule has 0 aliphatic heterocycles. The fraction of sp³-hybridized carbons (Fsp3) is 0.318. The highest BCUT2D eigenvalue weighted by molar-refractivity contribution is 6.00. The fourth-order valence-electron chi connectivity index (χ4n) is 2.91. The summed E-state index contributed by atoms with van der Waals surface area (Å²) in [5.74, 6) is 0.344. The molecule has 30 heavy (non-hydrogen) atoms. The number of ether oxygens (including phenoxy) is 2. The Bertz CT molecular complexity index is 901. The van der Waals surface area contributed by atoms with Crippen molar-refractivity contribution in [1.29, 1.82) is 0 Å². The minimum Gasteiger partial charge on any atom is -0.496 e. The van der Waals surface area contributed by atoms with Crippen LogP contribution < -0.4 is 25.4 Å². The molecule has 1 aliphatic rings. The van der Waals surface area contributed by atoms with Crippen molar-refractivity contribution in [2.45, 2.75) is 12.8 Å². The maximum atomic E-state index is 12.5. The molecule has 0 aromatic heterocycles. The van der Waals surface area contributed by atoms with Crippen LogP contribution in [0.5, 0.6) is 11.5 Å². The largest absolute Gasteiger partial charge is 0.496 e. The van der Waals surface area contributed by atoms with E-state index < -0.39 is 0 Å². The maximum absolute atomic E-state index is 12.5. The number of amides is 3. The number of carbonyl (C=O) groups excluding carboxylic acids is 3. The van der Waals surface area contributed by atoms with Gasteiger partial charge < -0.3 is 25.4 Å². The Morgan fingerprint density at radius 1 is 0.867 bits per heavy atom. The zero-order valence-electron chi connectivity index (χ0n) is 17.0. The third-order valence-corrected chi connectivity index (χ3v) is 4.71. The fourth-order valence-corrected chi connectivity index (χ4v) is 2.91. The molecule has 0 radical (unpaired) electrons. The molecule has 8 nitrogen and oxygen atoms in total. The lowest BCUT2D eigenvalue weighted by molar-refractivity contribution is -0.117. The van der Waals surface area contributed by atoms with Crippen LogP contribution in [-0.4, -0.2) is 45.0 Å². The van der Waals surface area contributed by atoms with E-state index in [-0.39, 0.29) is 36.7 Å². The van der Waals surface area contributed by atoms with E-state index in [4.69, 9.17) is 9.47 Å². The second-order valence-corrected chi connectivity index (χ2v) is 6.89. The number of carbonyl (C=O) groups is 3. The highest BCUT2D eigenvalue weighted by Crippen LogP contribution is 2.30. The number of rotatable bonds is 9. The third-order valence-electron chi connectivity index (χ3n) is 4.71. The molecule has 0 unspecified atom stereocenters. The van der Waals surface area contributed by atoms with Gasteiger partial charge in [0.15, 0.2) is 0 Å². The van der Waals surface area contributed by atoms with E-state index in [1.807, 2.05) is 0 Å². The smallest absolute Gasteiger partial charge is 0.258 e. The third kappa shape index (κ3) is 5.28.